The summed E-state index contributed by atoms with van der Waals surface area (Å²) in [7, 11) is 1.66. The highest BCUT2D eigenvalue weighted by molar-refractivity contribution is 5.99. The second-order valence-electron chi connectivity index (χ2n) is 7.76. The van der Waals surface area contributed by atoms with E-state index in [0.29, 0.717) is 18.6 Å². The van der Waals surface area contributed by atoms with Gasteiger partial charge in [-0.1, -0.05) is 18.2 Å². The van der Waals surface area contributed by atoms with Crippen molar-refractivity contribution in [3.63, 3.8) is 0 Å². The first-order valence-corrected chi connectivity index (χ1v) is 10.3. The highest BCUT2D eigenvalue weighted by atomic mass is 16.5. The Labute approximate surface area is 177 Å². The van der Waals surface area contributed by atoms with Crippen molar-refractivity contribution in [3.05, 3.63) is 59.0 Å². The molecule has 0 aliphatic carbocycles. The number of benzene rings is 1. The maximum Gasteiger partial charge on any atom is 0.306 e. The van der Waals surface area contributed by atoms with E-state index < -0.39 is 0 Å². The quantitative estimate of drug-likeness (QED) is 0.393. The van der Waals surface area contributed by atoms with Gasteiger partial charge in [0.05, 0.1) is 12.6 Å². The number of nitrogens with one attached hydrogen (secondary N) is 1. The average molecular weight is 411 g/mol. The van der Waals surface area contributed by atoms with Crippen molar-refractivity contribution in [1.82, 2.24) is 9.55 Å². The lowest BCUT2D eigenvalue weighted by Crippen LogP contribution is -2.17. The number of aryl methyl sites for hydroxylation is 2. The molecule has 0 bridgehead atoms. The number of nitrogens with zero attached hydrogens (tertiary/aromatic N) is 1. The number of para-hydroxylation sites is 1. The molecule has 0 aliphatic heterocycles. The topological polar surface area (TPSA) is 73.3 Å². The van der Waals surface area contributed by atoms with E-state index in [9.17, 15) is 9.59 Å². The summed E-state index contributed by atoms with van der Waals surface area (Å²) in [6.07, 6.45) is 3.74. The minimum Gasteiger partial charge on any atom is -0.457 e. The summed E-state index contributed by atoms with van der Waals surface area (Å²) in [4.78, 5) is 28.0. The highest BCUT2D eigenvalue weighted by Crippen LogP contribution is 2.22. The number of aromatic nitrogens is 2. The number of hydrogen-bond donors (Lipinski definition) is 1. The molecule has 6 heteroatoms. The monoisotopic (exact) mass is 410 g/mol. The number of carbonyl (C=O) groups is 2. The van der Waals surface area contributed by atoms with Crippen LogP contribution in [0.3, 0.4) is 0 Å². The Bertz CT molecular complexity index is 1030. The molecule has 3 aromatic rings. The molecule has 160 valence electrons. The maximum atomic E-state index is 12.6. The first-order valence-electron chi connectivity index (χ1n) is 10.3. The largest absolute Gasteiger partial charge is 0.457 e. The molecule has 0 amide bonds. The van der Waals surface area contributed by atoms with Crippen LogP contribution in [-0.2, 0) is 20.7 Å². The number of Topliss-reactive ketones (excluding diaryl/α,β-unsaturated/α-hetero) is 1. The lowest BCUT2D eigenvalue weighted by atomic mass is 10.1. The number of hydrogen-bond acceptors (Lipinski definition) is 4. The number of fused-ring (bicyclic) bond motifs is 1. The Kier molecular flexibility index (Phi) is 7.11. The number of ketones is 1. The summed E-state index contributed by atoms with van der Waals surface area (Å²) in [5.41, 5.74) is 4.75. The van der Waals surface area contributed by atoms with Gasteiger partial charge in [-0.25, -0.2) is 0 Å². The van der Waals surface area contributed by atoms with E-state index in [1.165, 1.54) is 10.9 Å². The van der Waals surface area contributed by atoms with Crippen LogP contribution in [-0.4, -0.2) is 41.6 Å². The van der Waals surface area contributed by atoms with E-state index in [2.05, 4.69) is 15.6 Å². The van der Waals surface area contributed by atoms with Gasteiger partial charge in [0.2, 0.25) is 5.78 Å². The fourth-order valence-corrected chi connectivity index (χ4v) is 4.11. The van der Waals surface area contributed by atoms with E-state index >= 15 is 0 Å². The van der Waals surface area contributed by atoms with E-state index in [1.807, 2.05) is 51.2 Å². The molecular weight excluding hydrogens is 380 g/mol. The van der Waals surface area contributed by atoms with Crippen molar-refractivity contribution < 1.29 is 19.1 Å². The Hall–Kier alpha value is -2.86. The molecule has 0 saturated carbocycles. The van der Waals surface area contributed by atoms with Crippen LogP contribution in [0.5, 0.6) is 0 Å². The van der Waals surface area contributed by atoms with Crippen molar-refractivity contribution in [2.24, 2.45) is 0 Å². The molecule has 1 N–H and O–H groups in total. The highest BCUT2D eigenvalue weighted by Gasteiger charge is 2.20. The summed E-state index contributed by atoms with van der Waals surface area (Å²) < 4.78 is 12.6. The average Bonchev–Trinajstić information content (AvgIpc) is 3.27. The number of H-pyrrole nitrogens is 1. The molecule has 0 fully saturated rings. The van der Waals surface area contributed by atoms with Crippen LogP contribution in [0.2, 0.25) is 0 Å². The Morgan fingerprint density at radius 2 is 1.97 bits per heavy atom. The predicted octanol–water partition coefficient (Wildman–Crippen LogP) is 4.54. The van der Waals surface area contributed by atoms with Crippen molar-refractivity contribution in [1.29, 1.82) is 0 Å². The maximum absolute atomic E-state index is 12.6. The zero-order valence-electron chi connectivity index (χ0n) is 18.2. The predicted molar refractivity (Wildman–Crippen MR) is 117 cm³/mol. The summed E-state index contributed by atoms with van der Waals surface area (Å²) in [5.74, 6) is -0.520. The smallest absolute Gasteiger partial charge is 0.306 e. The van der Waals surface area contributed by atoms with Gasteiger partial charge in [0.25, 0.3) is 0 Å². The molecule has 1 atom stereocenters. The van der Waals surface area contributed by atoms with Crippen LogP contribution in [0.1, 0.15) is 53.1 Å². The van der Waals surface area contributed by atoms with E-state index in [0.717, 1.165) is 23.3 Å². The molecule has 30 heavy (non-hydrogen) atoms. The molecule has 2 heterocycles. The van der Waals surface area contributed by atoms with Crippen LogP contribution in [0.4, 0.5) is 0 Å². The lowest BCUT2D eigenvalue weighted by Gasteiger charge is -2.17. The summed E-state index contributed by atoms with van der Waals surface area (Å²) >= 11 is 0. The molecule has 0 aliphatic rings. The standard InChI is InChI=1S/C24H30N2O4/c1-16-12-21(18(3)26(16)17(2)14-29-4)23(27)15-30-24(28)11-7-8-19-13-25-22-10-6-5-9-20(19)22/h5-6,9-10,12-13,17,25H,7-8,11,14-15H2,1-4H3/t17-/m1/s1. The van der Waals surface area contributed by atoms with Crippen molar-refractivity contribution in [2.45, 2.75) is 46.1 Å². The summed E-state index contributed by atoms with van der Waals surface area (Å²) in [6.45, 7) is 6.26. The second kappa shape index (κ2) is 9.76. The van der Waals surface area contributed by atoms with Crippen LogP contribution < -0.4 is 0 Å². The molecule has 0 saturated heterocycles. The molecule has 0 radical (unpaired) electrons. The molecule has 6 nitrogen and oxygen atoms in total. The minimum absolute atomic E-state index is 0.128. The van der Waals surface area contributed by atoms with Gasteiger partial charge < -0.3 is 19.0 Å². The van der Waals surface area contributed by atoms with Crippen molar-refractivity contribution in [3.8, 4) is 0 Å². The Morgan fingerprint density at radius 3 is 2.73 bits per heavy atom. The summed E-state index contributed by atoms with van der Waals surface area (Å²) in [6, 6.07) is 10.1. The van der Waals surface area contributed by atoms with Gasteiger partial charge in [-0.3, -0.25) is 9.59 Å². The molecule has 2 aromatic heterocycles. The zero-order chi connectivity index (χ0) is 21.7. The van der Waals surface area contributed by atoms with E-state index in [4.69, 9.17) is 9.47 Å². The number of methoxy groups -OCH3 is 1. The fraction of sp³-hybridized carbons (Fsp3) is 0.417. The lowest BCUT2D eigenvalue weighted by molar-refractivity contribution is -0.142. The number of carbonyl (C=O) groups excluding carboxylic acids is 2. The number of aromatic amines is 1. The van der Waals surface area contributed by atoms with Gasteiger partial charge in [-0.2, -0.15) is 0 Å². The molecule has 3 rings (SSSR count). The number of ether oxygens (including phenoxy) is 2. The fourth-order valence-electron chi connectivity index (χ4n) is 4.11. The van der Waals surface area contributed by atoms with Gasteiger partial charge in [0.15, 0.2) is 6.61 Å². The van der Waals surface area contributed by atoms with Gasteiger partial charge >= 0.3 is 5.97 Å². The SMILES string of the molecule is COC[C@@H](C)n1c(C)cc(C(=O)COC(=O)CCCc2c[nH]c3ccccc23)c1C. The second-order valence-corrected chi connectivity index (χ2v) is 7.76. The van der Waals surface area contributed by atoms with Gasteiger partial charge in [-0.15, -0.1) is 0 Å². The van der Waals surface area contributed by atoms with Crippen LogP contribution in [0, 0.1) is 13.8 Å². The number of rotatable bonds is 10. The number of esters is 1. The Morgan fingerprint density at radius 1 is 1.20 bits per heavy atom. The van der Waals surface area contributed by atoms with Gasteiger partial charge in [0.1, 0.15) is 0 Å². The summed E-state index contributed by atoms with van der Waals surface area (Å²) in [5, 5.41) is 1.18. The minimum atomic E-state index is -0.343. The van der Waals surface area contributed by atoms with Crippen molar-refractivity contribution >= 4 is 22.7 Å². The Balaban J connectivity index is 1.50. The van der Waals surface area contributed by atoms with E-state index in [1.54, 1.807) is 7.11 Å². The van der Waals surface area contributed by atoms with Crippen molar-refractivity contribution in [2.75, 3.05) is 20.3 Å². The van der Waals surface area contributed by atoms with Gasteiger partial charge in [-0.05, 0) is 51.3 Å². The third-order valence-corrected chi connectivity index (χ3v) is 5.50. The van der Waals surface area contributed by atoms with E-state index in [-0.39, 0.29) is 30.8 Å². The third-order valence-electron chi connectivity index (χ3n) is 5.50. The third kappa shape index (κ3) is 4.82. The first-order chi connectivity index (χ1) is 14.4. The van der Waals surface area contributed by atoms with Gasteiger partial charge in [0, 0.05) is 47.6 Å². The molecule has 1 aromatic carbocycles. The molecule has 0 unspecified atom stereocenters. The zero-order valence-corrected chi connectivity index (χ0v) is 18.2. The van der Waals surface area contributed by atoms with Crippen LogP contribution >= 0.6 is 0 Å². The molecular formula is C24H30N2O4. The first kappa shape index (κ1) is 21.8. The normalized spacial score (nSPS) is 12.3. The molecule has 0 spiro atoms. The van der Waals surface area contributed by atoms with Crippen LogP contribution in [0.15, 0.2) is 36.5 Å². The van der Waals surface area contributed by atoms with Crippen LogP contribution in [0.25, 0.3) is 10.9 Å².